The van der Waals surface area contributed by atoms with Gasteiger partial charge in [-0.1, -0.05) is 18.2 Å². The fourth-order valence-electron chi connectivity index (χ4n) is 1.75. The smallest absolute Gasteiger partial charge is 0.475 e. The Balaban J connectivity index is 0.000000277. The van der Waals surface area contributed by atoms with Gasteiger partial charge in [-0.3, -0.25) is 4.98 Å². The number of carbonyl (C=O) groups is 1. The van der Waals surface area contributed by atoms with Crippen LogP contribution in [0.5, 0.6) is 0 Å². The molecule has 0 saturated carbocycles. The molecule has 0 aliphatic heterocycles. The molecule has 6 nitrogen and oxygen atoms in total. The zero-order chi connectivity index (χ0) is 18.4. The quantitative estimate of drug-likeness (QED) is 0.756. The van der Waals surface area contributed by atoms with Gasteiger partial charge >= 0.3 is 12.1 Å². The van der Waals surface area contributed by atoms with Gasteiger partial charge in [0.2, 0.25) is 11.8 Å². The first-order valence-electron chi connectivity index (χ1n) is 6.89. The lowest BCUT2D eigenvalue weighted by Crippen LogP contribution is -2.21. The lowest BCUT2D eigenvalue weighted by Gasteiger charge is -1.98. The Morgan fingerprint density at radius 3 is 2.28 bits per heavy atom. The minimum Gasteiger partial charge on any atom is -0.475 e. The summed E-state index contributed by atoms with van der Waals surface area (Å²) in [4.78, 5) is 12.9. The summed E-state index contributed by atoms with van der Waals surface area (Å²) in [5, 5.41) is 15.3. The molecular weight excluding hydrogens is 339 g/mol. The van der Waals surface area contributed by atoms with Gasteiger partial charge in [-0.2, -0.15) is 13.2 Å². The number of carboxylic acid groups (broad SMARTS) is 1. The number of alkyl halides is 3. The van der Waals surface area contributed by atoms with E-state index in [0.29, 0.717) is 11.8 Å². The summed E-state index contributed by atoms with van der Waals surface area (Å²) in [6.45, 7) is 2.02. The maximum atomic E-state index is 10.6. The molecule has 0 spiro atoms. The third kappa shape index (κ3) is 4.87. The first kappa shape index (κ1) is 18.1. The van der Waals surface area contributed by atoms with Gasteiger partial charge in [0.1, 0.15) is 0 Å². The average Bonchev–Trinajstić information content (AvgIpc) is 3.05. The van der Waals surface area contributed by atoms with E-state index in [1.54, 1.807) is 12.4 Å². The summed E-state index contributed by atoms with van der Waals surface area (Å²) in [6, 6.07) is 11.7. The largest absolute Gasteiger partial charge is 0.490 e. The van der Waals surface area contributed by atoms with Crippen molar-refractivity contribution >= 4 is 5.97 Å². The highest BCUT2D eigenvalue weighted by Crippen LogP contribution is 2.25. The molecule has 2 aromatic heterocycles. The normalized spacial score (nSPS) is 10.7. The molecule has 3 rings (SSSR count). The Bertz CT molecular complexity index is 848. The lowest BCUT2D eigenvalue weighted by molar-refractivity contribution is -0.192. The van der Waals surface area contributed by atoms with Gasteiger partial charge in [0.15, 0.2) is 0 Å². The van der Waals surface area contributed by atoms with E-state index in [1.807, 2.05) is 43.3 Å². The third-order valence-electron chi connectivity index (χ3n) is 2.95. The van der Waals surface area contributed by atoms with E-state index in [0.717, 1.165) is 16.7 Å². The van der Waals surface area contributed by atoms with Crippen molar-refractivity contribution in [2.24, 2.45) is 0 Å². The van der Waals surface area contributed by atoms with Gasteiger partial charge in [0.05, 0.1) is 5.56 Å². The summed E-state index contributed by atoms with van der Waals surface area (Å²) < 4.78 is 37.4. The summed E-state index contributed by atoms with van der Waals surface area (Å²) in [6.07, 6.45) is -1.67. The maximum Gasteiger partial charge on any atom is 0.490 e. The Morgan fingerprint density at radius 2 is 1.72 bits per heavy atom. The summed E-state index contributed by atoms with van der Waals surface area (Å²) in [5.41, 5.74) is 2.89. The first-order chi connectivity index (χ1) is 11.8. The molecule has 0 aliphatic rings. The van der Waals surface area contributed by atoms with Crippen LogP contribution in [-0.4, -0.2) is 32.4 Å². The first-order valence-corrected chi connectivity index (χ1v) is 6.89. The van der Waals surface area contributed by atoms with E-state index in [4.69, 9.17) is 14.3 Å². The van der Waals surface area contributed by atoms with E-state index >= 15 is 0 Å². The zero-order valence-corrected chi connectivity index (χ0v) is 12.9. The predicted octanol–water partition coefficient (Wildman–Crippen LogP) is 3.74. The Labute approximate surface area is 140 Å². The number of pyridine rings is 1. The van der Waals surface area contributed by atoms with Crippen molar-refractivity contribution < 1.29 is 27.5 Å². The molecule has 1 aromatic carbocycles. The van der Waals surface area contributed by atoms with Crippen LogP contribution in [0.4, 0.5) is 13.2 Å². The fourth-order valence-corrected chi connectivity index (χ4v) is 1.75. The number of hydrogen-bond donors (Lipinski definition) is 1. The van der Waals surface area contributed by atoms with E-state index < -0.39 is 12.1 Å². The third-order valence-corrected chi connectivity index (χ3v) is 2.95. The van der Waals surface area contributed by atoms with Gasteiger partial charge in [-0.15, -0.1) is 10.2 Å². The van der Waals surface area contributed by atoms with Crippen molar-refractivity contribution in [1.82, 2.24) is 15.2 Å². The number of aryl methyl sites for hydroxylation is 1. The standard InChI is InChI=1S/C14H11N3O.C2HF3O2/c1-10-5-2-3-7-12(10)14-17-16-13(18-14)11-6-4-8-15-9-11;3-2(4,5)1(6)7/h2-9H,1H3;(H,6,7). The second-order valence-electron chi connectivity index (χ2n) is 4.77. The monoisotopic (exact) mass is 351 g/mol. The minimum atomic E-state index is -5.08. The molecule has 3 aromatic rings. The minimum absolute atomic E-state index is 0.487. The van der Waals surface area contributed by atoms with Crippen molar-refractivity contribution in [3.05, 3.63) is 54.4 Å². The van der Waals surface area contributed by atoms with Crippen molar-refractivity contribution in [2.75, 3.05) is 0 Å². The lowest BCUT2D eigenvalue weighted by atomic mass is 10.1. The molecule has 0 aliphatic carbocycles. The number of aliphatic carboxylic acids is 1. The van der Waals surface area contributed by atoms with Crippen LogP contribution in [0.1, 0.15) is 5.56 Å². The Hall–Kier alpha value is -3.23. The Kier molecular flexibility index (Phi) is 5.48. The second-order valence-corrected chi connectivity index (χ2v) is 4.77. The van der Waals surface area contributed by atoms with Crippen LogP contribution in [0.15, 0.2) is 53.2 Å². The van der Waals surface area contributed by atoms with E-state index in [1.165, 1.54) is 0 Å². The predicted molar refractivity (Wildman–Crippen MR) is 81.4 cm³/mol. The van der Waals surface area contributed by atoms with Crippen molar-refractivity contribution in [1.29, 1.82) is 0 Å². The Morgan fingerprint density at radius 1 is 1.08 bits per heavy atom. The number of nitrogens with zero attached hydrogens (tertiary/aromatic N) is 3. The van der Waals surface area contributed by atoms with Crippen molar-refractivity contribution in [2.45, 2.75) is 13.1 Å². The van der Waals surface area contributed by atoms with E-state index in [2.05, 4.69) is 15.2 Å². The zero-order valence-electron chi connectivity index (χ0n) is 12.9. The molecule has 2 heterocycles. The molecule has 0 amide bonds. The number of benzene rings is 1. The molecule has 25 heavy (non-hydrogen) atoms. The molecule has 1 N–H and O–H groups in total. The van der Waals surface area contributed by atoms with Gasteiger partial charge in [0.25, 0.3) is 0 Å². The van der Waals surface area contributed by atoms with Crippen LogP contribution in [-0.2, 0) is 4.79 Å². The molecule has 0 fully saturated rings. The summed E-state index contributed by atoms with van der Waals surface area (Å²) in [5.74, 6) is -1.74. The topological polar surface area (TPSA) is 89.1 Å². The number of carboxylic acids is 1. The van der Waals surface area contributed by atoms with Gasteiger partial charge in [-0.05, 0) is 30.7 Å². The van der Waals surface area contributed by atoms with Crippen LogP contribution in [0, 0.1) is 6.92 Å². The number of rotatable bonds is 2. The van der Waals surface area contributed by atoms with Crippen LogP contribution in [0.25, 0.3) is 22.9 Å². The van der Waals surface area contributed by atoms with E-state index in [9.17, 15) is 13.2 Å². The number of aromatic nitrogens is 3. The SMILES string of the molecule is Cc1ccccc1-c1nnc(-c2cccnc2)o1.O=C(O)C(F)(F)F. The molecule has 0 radical (unpaired) electrons. The number of halogens is 3. The van der Waals surface area contributed by atoms with Crippen molar-refractivity contribution in [3.63, 3.8) is 0 Å². The molecule has 0 atom stereocenters. The summed E-state index contributed by atoms with van der Waals surface area (Å²) >= 11 is 0. The van der Waals surface area contributed by atoms with Gasteiger partial charge in [-0.25, -0.2) is 4.79 Å². The molecule has 130 valence electrons. The van der Waals surface area contributed by atoms with E-state index in [-0.39, 0.29) is 0 Å². The van der Waals surface area contributed by atoms with Crippen molar-refractivity contribution in [3.8, 4) is 22.9 Å². The maximum absolute atomic E-state index is 10.6. The summed E-state index contributed by atoms with van der Waals surface area (Å²) in [7, 11) is 0. The van der Waals surface area contributed by atoms with Crippen LogP contribution < -0.4 is 0 Å². The van der Waals surface area contributed by atoms with Crippen LogP contribution in [0.3, 0.4) is 0 Å². The highest BCUT2D eigenvalue weighted by atomic mass is 19.4. The molecule has 9 heteroatoms. The van der Waals surface area contributed by atoms with Gasteiger partial charge in [0, 0.05) is 18.0 Å². The number of hydrogen-bond acceptors (Lipinski definition) is 5. The van der Waals surface area contributed by atoms with Gasteiger partial charge < -0.3 is 9.52 Å². The average molecular weight is 351 g/mol. The molecule has 0 bridgehead atoms. The molecular formula is C16H12F3N3O3. The molecule has 0 unspecified atom stereocenters. The fraction of sp³-hybridized carbons (Fsp3) is 0.125. The highest BCUT2D eigenvalue weighted by Gasteiger charge is 2.38. The molecule has 0 saturated heterocycles. The van der Waals surface area contributed by atoms with Crippen LogP contribution in [0.2, 0.25) is 0 Å². The highest BCUT2D eigenvalue weighted by molar-refractivity contribution is 5.73. The second kappa shape index (κ2) is 7.56. The van der Waals surface area contributed by atoms with Crippen LogP contribution >= 0.6 is 0 Å².